The second-order valence-electron chi connectivity index (χ2n) is 13.1. The Bertz CT molecular complexity index is 1430. The van der Waals surface area contributed by atoms with Crippen molar-refractivity contribution in [2.45, 2.75) is 89.2 Å². The summed E-state index contributed by atoms with van der Waals surface area (Å²) in [5.41, 5.74) is -6.81. The van der Waals surface area contributed by atoms with Gasteiger partial charge in [-0.15, -0.1) is 0 Å². The maximum absolute atomic E-state index is 15.0. The first-order valence-corrected chi connectivity index (χ1v) is 14.9. The lowest BCUT2D eigenvalue weighted by Gasteiger charge is -2.67. The highest BCUT2D eigenvalue weighted by Gasteiger charge is 2.78. The molecule has 3 aliphatic carbocycles. The number of fused-ring (bicyclic) bond motifs is 5. The van der Waals surface area contributed by atoms with E-state index in [1.165, 1.54) is 32.1 Å². The van der Waals surface area contributed by atoms with Gasteiger partial charge >= 0.3 is 18.1 Å². The summed E-state index contributed by atoms with van der Waals surface area (Å²) in [5.74, 6) is -3.81. The smallest absolute Gasteiger partial charge is 0.455 e. The molecule has 1 aromatic rings. The van der Waals surface area contributed by atoms with Crippen LogP contribution < -0.4 is 0 Å². The van der Waals surface area contributed by atoms with Crippen molar-refractivity contribution in [1.82, 2.24) is 0 Å². The zero-order valence-electron chi connectivity index (χ0n) is 26.0. The van der Waals surface area contributed by atoms with Crippen molar-refractivity contribution >= 4 is 23.9 Å². The van der Waals surface area contributed by atoms with Crippen LogP contribution in [0.3, 0.4) is 0 Å². The molecule has 5 rings (SSSR count). The molecular formula is C33H40O12. The lowest BCUT2D eigenvalue weighted by molar-refractivity contribution is -0.345. The molecule has 1 saturated heterocycles. The molecule has 3 N–H and O–H groups in total. The number of aliphatic hydroxyl groups is 3. The van der Waals surface area contributed by atoms with E-state index in [1.807, 2.05) is 0 Å². The molecule has 3 fully saturated rings. The molecular weight excluding hydrogens is 588 g/mol. The van der Waals surface area contributed by atoms with E-state index in [4.69, 9.17) is 23.7 Å². The topological polar surface area (TPSA) is 175 Å². The summed E-state index contributed by atoms with van der Waals surface area (Å²) in [6, 6.07) is 8.00. The number of hydrogen-bond donors (Lipinski definition) is 3. The highest BCUT2D eigenvalue weighted by atomic mass is 16.7. The fourth-order valence-electron chi connectivity index (χ4n) is 8.00. The maximum atomic E-state index is 15.0. The van der Waals surface area contributed by atoms with Gasteiger partial charge in [0.1, 0.15) is 24.4 Å². The molecule has 0 amide bonds. The molecule has 1 heterocycles. The highest BCUT2D eigenvalue weighted by Crippen LogP contribution is 2.64. The fraction of sp³-hybridized carbons (Fsp3) is 0.576. The lowest BCUT2D eigenvalue weighted by Crippen LogP contribution is -2.81. The molecule has 2 saturated carbocycles. The second-order valence-corrected chi connectivity index (χ2v) is 13.1. The predicted octanol–water partition coefficient (Wildman–Crippen LogP) is 2.43. The number of ether oxygens (including phenoxy) is 5. The van der Waals surface area contributed by atoms with E-state index in [2.05, 4.69) is 6.58 Å². The Morgan fingerprint density at radius 3 is 2.36 bits per heavy atom. The van der Waals surface area contributed by atoms with Gasteiger partial charge in [0.2, 0.25) is 0 Å². The molecule has 0 radical (unpaired) electrons. The molecule has 9 atom stereocenters. The Labute approximate surface area is 260 Å². The molecule has 2 bridgehead atoms. The molecule has 0 aromatic heterocycles. The van der Waals surface area contributed by atoms with Crippen molar-refractivity contribution in [3.63, 3.8) is 0 Å². The van der Waals surface area contributed by atoms with Gasteiger partial charge in [0.15, 0.2) is 17.5 Å². The Morgan fingerprint density at radius 2 is 1.78 bits per heavy atom. The Morgan fingerprint density at radius 1 is 1.11 bits per heavy atom. The van der Waals surface area contributed by atoms with Crippen LogP contribution >= 0.6 is 0 Å². The van der Waals surface area contributed by atoms with Crippen LogP contribution in [0.5, 0.6) is 0 Å². The number of esters is 2. The molecule has 4 aliphatic rings. The first-order chi connectivity index (χ1) is 21.1. The maximum Gasteiger partial charge on any atom is 0.509 e. The fourth-order valence-corrected chi connectivity index (χ4v) is 8.00. The van der Waals surface area contributed by atoms with Crippen molar-refractivity contribution in [2.75, 3.05) is 13.2 Å². The van der Waals surface area contributed by atoms with Crippen molar-refractivity contribution in [3.8, 4) is 0 Å². The van der Waals surface area contributed by atoms with Crippen molar-refractivity contribution in [1.29, 1.82) is 0 Å². The van der Waals surface area contributed by atoms with Gasteiger partial charge < -0.3 is 39.0 Å². The van der Waals surface area contributed by atoms with Crippen molar-refractivity contribution in [2.24, 2.45) is 16.7 Å². The summed E-state index contributed by atoms with van der Waals surface area (Å²) in [6.07, 6.45) is -7.61. The minimum absolute atomic E-state index is 0.0745. The number of carbonyl (C=O) groups excluding carboxylic acids is 4. The van der Waals surface area contributed by atoms with Crippen LogP contribution in [0.25, 0.3) is 0 Å². The largest absolute Gasteiger partial charge is 0.509 e. The van der Waals surface area contributed by atoms with Gasteiger partial charge in [-0.1, -0.05) is 44.7 Å². The third-order valence-corrected chi connectivity index (χ3v) is 10.5. The summed E-state index contributed by atoms with van der Waals surface area (Å²) in [7, 11) is 0. The van der Waals surface area contributed by atoms with Gasteiger partial charge in [-0.2, -0.15) is 0 Å². The first kappa shape index (κ1) is 32.8. The Hall–Kier alpha value is -3.58. The predicted molar refractivity (Wildman–Crippen MR) is 156 cm³/mol. The first-order valence-electron chi connectivity index (χ1n) is 14.9. The molecule has 45 heavy (non-hydrogen) atoms. The third-order valence-electron chi connectivity index (χ3n) is 10.5. The average molecular weight is 629 g/mol. The normalized spacial score (nSPS) is 38.3. The van der Waals surface area contributed by atoms with Crippen LogP contribution in [0.1, 0.15) is 57.8 Å². The summed E-state index contributed by atoms with van der Waals surface area (Å²) >= 11 is 0. The Balaban J connectivity index is 1.80. The molecule has 1 aliphatic heterocycles. The average Bonchev–Trinajstić information content (AvgIpc) is 2.98. The van der Waals surface area contributed by atoms with E-state index in [9.17, 15) is 34.5 Å². The zero-order valence-corrected chi connectivity index (χ0v) is 26.0. The quantitative estimate of drug-likeness (QED) is 0.239. The van der Waals surface area contributed by atoms with Gasteiger partial charge in [-0.05, 0) is 37.1 Å². The van der Waals surface area contributed by atoms with Crippen LogP contribution in [0.4, 0.5) is 4.79 Å². The molecule has 12 nitrogen and oxygen atoms in total. The Kier molecular flexibility index (Phi) is 8.27. The van der Waals surface area contributed by atoms with E-state index >= 15 is 0 Å². The third kappa shape index (κ3) is 4.81. The lowest BCUT2D eigenvalue weighted by atomic mass is 9.44. The van der Waals surface area contributed by atoms with Crippen LogP contribution in [0.15, 0.2) is 54.1 Å². The molecule has 1 unspecified atom stereocenters. The standard InChI is InChI=1S/C33H40O12/c1-7-13-41-29(39)43-24-23-17(2)20(35)15-33(40,30(23,4)5)27(44-28(38)19-11-9-8-10-12-19)25-31(6,26(24)37)21(36)14-22-32(25,16-42-22)45-18(3)34/h7-12,20-22,24-25,27,35-36,40H,1,13-16H2,2-6H3/t20-,21-,22+,24+,25?,27-,31+,32-,33+/m0/s1. The van der Waals surface area contributed by atoms with E-state index in [0.717, 1.165) is 0 Å². The number of ketones is 1. The van der Waals surface area contributed by atoms with E-state index in [1.54, 1.807) is 39.0 Å². The van der Waals surface area contributed by atoms with Crippen LogP contribution in [-0.4, -0.2) is 94.1 Å². The number of carbonyl (C=O) groups is 4. The van der Waals surface area contributed by atoms with Crippen LogP contribution in [0, 0.1) is 16.7 Å². The molecule has 12 heteroatoms. The number of rotatable bonds is 6. The monoisotopic (exact) mass is 628 g/mol. The summed E-state index contributed by atoms with van der Waals surface area (Å²) in [6.45, 7) is 10.4. The zero-order chi connectivity index (χ0) is 33.1. The van der Waals surface area contributed by atoms with Crippen molar-refractivity contribution in [3.05, 3.63) is 59.7 Å². The second kappa shape index (κ2) is 11.3. The summed E-state index contributed by atoms with van der Waals surface area (Å²) in [5, 5.41) is 36.1. The summed E-state index contributed by atoms with van der Waals surface area (Å²) < 4.78 is 28.6. The van der Waals surface area contributed by atoms with Gasteiger partial charge in [-0.3, -0.25) is 9.59 Å². The van der Waals surface area contributed by atoms with Gasteiger partial charge in [0.05, 0.1) is 35.7 Å². The molecule has 1 aromatic carbocycles. The minimum atomic E-state index is -2.17. The number of benzene rings is 1. The van der Waals surface area contributed by atoms with Crippen LogP contribution in [-0.2, 0) is 33.3 Å². The summed E-state index contributed by atoms with van der Waals surface area (Å²) in [4.78, 5) is 54.3. The SMILES string of the molecule is C=CCOC(=O)O[C@H]1C(=O)[C@@]2(C)C([C@H](OC(=O)c3ccccc3)[C@]3(O)C[C@H](O)C(C)=C1C3(C)C)[C@]1(OC(C)=O)CO[C@@H]1C[C@@H]2O. The molecule has 244 valence electrons. The van der Waals surface area contributed by atoms with E-state index in [-0.39, 0.29) is 42.8 Å². The number of aliphatic hydroxyl groups excluding tert-OH is 2. The van der Waals surface area contributed by atoms with Crippen molar-refractivity contribution < 1.29 is 58.2 Å². The van der Waals surface area contributed by atoms with Gasteiger partial charge in [0, 0.05) is 25.2 Å². The number of Topliss-reactive ketones (excluding diaryl/α,β-unsaturated/α-hetero) is 1. The van der Waals surface area contributed by atoms with E-state index < -0.39 is 82.3 Å². The highest BCUT2D eigenvalue weighted by molar-refractivity contribution is 5.95. The van der Waals surface area contributed by atoms with E-state index in [0.29, 0.717) is 0 Å². The number of hydrogen-bond acceptors (Lipinski definition) is 12. The minimum Gasteiger partial charge on any atom is -0.455 e. The molecule has 0 spiro atoms. The van der Waals surface area contributed by atoms with Crippen LogP contribution in [0.2, 0.25) is 0 Å². The van der Waals surface area contributed by atoms with Gasteiger partial charge in [0.25, 0.3) is 0 Å². The van der Waals surface area contributed by atoms with Gasteiger partial charge in [-0.25, -0.2) is 9.59 Å².